The average Bonchev–Trinajstić information content (AvgIpc) is 2.69. The van der Waals surface area contributed by atoms with E-state index in [2.05, 4.69) is 15.4 Å². The first kappa shape index (κ1) is 11.2. The predicted octanol–water partition coefficient (Wildman–Crippen LogP) is 2.81. The van der Waals surface area contributed by atoms with E-state index in [4.69, 9.17) is 11.6 Å². The van der Waals surface area contributed by atoms with Crippen molar-refractivity contribution in [3.63, 3.8) is 0 Å². The second kappa shape index (κ2) is 4.67. The lowest BCUT2D eigenvalue weighted by atomic mass is 10.3. The Balaban J connectivity index is 2.23. The molecule has 82 valence electrons. The molecule has 2 rings (SSSR count). The van der Waals surface area contributed by atoms with E-state index < -0.39 is 0 Å². The van der Waals surface area contributed by atoms with Gasteiger partial charge < -0.3 is 0 Å². The third-order valence-corrected chi connectivity index (χ3v) is 3.12. The largest absolute Gasteiger partial charge is 0.293 e. The van der Waals surface area contributed by atoms with Gasteiger partial charge in [-0.3, -0.25) is 4.79 Å². The summed E-state index contributed by atoms with van der Waals surface area (Å²) in [6.07, 6.45) is 0. The van der Waals surface area contributed by atoms with Crippen LogP contribution in [0.4, 0.5) is 0 Å². The van der Waals surface area contributed by atoms with E-state index in [-0.39, 0.29) is 5.78 Å². The number of nitrogens with zero attached hydrogens (tertiary/aromatic N) is 2. The molecular formula is C10H8ClN3OS. The number of carbonyl (C=O) groups excluding carboxylic acids is 1. The van der Waals surface area contributed by atoms with Crippen molar-refractivity contribution in [1.82, 2.24) is 15.4 Å². The second-order valence-electron chi connectivity index (χ2n) is 3.09. The maximum atomic E-state index is 11.2. The lowest BCUT2D eigenvalue weighted by molar-refractivity contribution is 0.101. The minimum atomic E-state index is -0.106. The molecule has 0 saturated heterocycles. The Hall–Kier alpha value is -1.33. The van der Waals surface area contributed by atoms with Gasteiger partial charge in [-0.2, -0.15) is 10.3 Å². The number of benzene rings is 1. The van der Waals surface area contributed by atoms with Gasteiger partial charge in [0.2, 0.25) is 0 Å². The Morgan fingerprint density at radius 2 is 2.00 bits per heavy atom. The highest BCUT2D eigenvalue weighted by molar-refractivity contribution is 7.99. The van der Waals surface area contributed by atoms with Crippen LogP contribution in [-0.2, 0) is 0 Å². The van der Waals surface area contributed by atoms with E-state index in [1.807, 2.05) is 12.1 Å². The Morgan fingerprint density at radius 1 is 1.31 bits per heavy atom. The molecule has 0 bridgehead atoms. The summed E-state index contributed by atoms with van der Waals surface area (Å²) in [5, 5.41) is 11.4. The second-order valence-corrected chi connectivity index (χ2v) is 4.59. The number of Topliss-reactive ketones (excluding diaryl/α,β-unsaturated/α-hetero) is 1. The van der Waals surface area contributed by atoms with Crippen molar-refractivity contribution in [2.45, 2.75) is 16.8 Å². The molecule has 16 heavy (non-hydrogen) atoms. The maximum Gasteiger partial charge on any atom is 0.182 e. The molecule has 0 fully saturated rings. The van der Waals surface area contributed by atoms with Gasteiger partial charge >= 0.3 is 0 Å². The average molecular weight is 254 g/mol. The summed E-state index contributed by atoms with van der Waals surface area (Å²) in [5.41, 5.74) is 0.361. The molecule has 0 unspecified atom stereocenters. The van der Waals surface area contributed by atoms with E-state index >= 15 is 0 Å². The van der Waals surface area contributed by atoms with Crippen LogP contribution in [0.5, 0.6) is 0 Å². The van der Waals surface area contributed by atoms with E-state index in [1.54, 1.807) is 12.1 Å². The highest BCUT2D eigenvalue weighted by atomic mass is 35.5. The molecule has 0 amide bonds. The predicted molar refractivity (Wildman–Crippen MR) is 62.0 cm³/mol. The molecular weight excluding hydrogens is 246 g/mol. The van der Waals surface area contributed by atoms with Crippen LogP contribution in [0.1, 0.15) is 17.4 Å². The van der Waals surface area contributed by atoms with Crippen LogP contribution in [0.15, 0.2) is 34.2 Å². The lowest BCUT2D eigenvalue weighted by Crippen LogP contribution is -1.94. The number of halogens is 1. The monoisotopic (exact) mass is 253 g/mol. The number of ketones is 1. The molecule has 1 N–H and O–H groups in total. The number of nitrogens with one attached hydrogen (secondary N) is 1. The third kappa shape index (κ3) is 2.43. The van der Waals surface area contributed by atoms with Crippen molar-refractivity contribution in [1.29, 1.82) is 0 Å². The molecule has 1 aromatic carbocycles. The van der Waals surface area contributed by atoms with Crippen LogP contribution in [0, 0.1) is 0 Å². The summed E-state index contributed by atoms with van der Waals surface area (Å²) in [6, 6.07) is 7.31. The summed E-state index contributed by atoms with van der Waals surface area (Å²) in [5.74, 6) is -0.106. The fourth-order valence-corrected chi connectivity index (χ4v) is 2.13. The maximum absolute atomic E-state index is 11.2. The van der Waals surface area contributed by atoms with Crippen molar-refractivity contribution >= 4 is 29.1 Å². The molecule has 0 atom stereocenters. The van der Waals surface area contributed by atoms with Crippen LogP contribution < -0.4 is 0 Å². The highest BCUT2D eigenvalue weighted by Crippen LogP contribution is 2.28. The molecule has 1 heterocycles. The first-order chi connectivity index (χ1) is 7.66. The van der Waals surface area contributed by atoms with Crippen LogP contribution in [-0.4, -0.2) is 21.2 Å². The van der Waals surface area contributed by atoms with Gasteiger partial charge in [-0.05, 0) is 24.3 Å². The molecule has 0 radical (unpaired) electrons. The summed E-state index contributed by atoms with van der Waals surface area (Å²) in [4.78, 5) is 12.2. The van der Waals surface area contributed by atoms with E-state index in [1.165, 1.54) is 18.7 Å². The molecule has 4 nitrogen and oxygen atoms in total. The van der Waals surface area contributed by atoms with Crippen LogP contribution in [0.25, 0.3) is 0 Å². The van der Waals surface area contributed by atoms with Gasteiger partial charge in [0.15, 0.2) is 16.5 Å². The molecule has 2 aromatic rings. The van der Waals surface area contributed by atoms with Crippen molar-refractivity contribution in [3.8, 4) is 0 Å². The summed E-state index contributed by atoms with van der Waals surface area (Å²) in [6.45, 7) is 1.46. The molecule has 6 heteroatoms. The van der Waals surface area contributed by atoms with Crippen LogP contribution in [0.3, 0.4) is 0 Å². The van der Waals surface area contributed by atoms with E-state index in [0.29, 0.717) is 15.7 Å². The van der Waals surface area contributed by atoms with Gasteiger partial charge in [0.05, 0.1) is 0 Å². The Bertz CT molecular complexity index is 509. The van der Waals surface area contributed by atoms with Crippen LogP contribution in [0.2, 0.25) is 5.02 Å². The molecule has 1 aromatic heterocycles. The van der Waals surface area contributed by atoms with E-state index in [9.17, 15) is 4.79 Å². The van der Waals surface area contributed by atoms with Gasteiger partial charge in [-0.1, -0.05) is 23.4 Å². The quantitative estimate of drug-likeness (QED) is 0.855. The summed E-state index contributed by atoms with van der Waals surface area (Å²) < 4.78 is 0. The minimum absolute atomic E-state index is 0.106. The number of H-pyrrole nitrogens is 1. The van der Waals surface area contributed by atoms with Gasteiger partial charge in [-0.25, -0.2) is 0 Å². The SMILES string of the molecule is CC(=O)c1n[nH]nc1Sc1ccc(Cl)cc1. The first-order valence-electron chi connectivity index (χ1n) is 4.52. The summed E-state index contributed by atoms with van der Waals surface area (Å²) in [7, 11) is 0. The summed E-state index contributed by atoms with van der Waals surface area (Å²) >= 11 is 7.15. The fraction of sp³-hybridized carbons (Fsp3) is 0.100. The lowest BCUT2D eigenvalue weighted by Gasteiger charge is -1.98. The number of rotatable bonds is 3. The Morgan fingerprint density at radius 3 is 2.62 bits per heavy atom. The standard InChI is InChI=1S/C10H8ClN3OS/c1-6(15)9-10(13-14-12-9)16-8-4-2-7(11)3-5-8/h2-5H,1H3,(H,12,13,14). The Kier molecular flexibility index (Phi) is 3.26. The van der Waals surface area contributed by atoms with E-state index in [0.717, 1.165) is 4.90 Å². The molecule has 0 aliphatic rings. The smallest absolute Gasteiger partial charge is 0.182 e. The Labute approximate surface area is 101 Å². The van der Waals surface area contributed by atoms with Crippen molar-refractivity contribution in [2.24, 2.45) is 0 Å². The zero-order valence-corrected chi connectivity index (χ0v) is 9.97. The molecule has 0 spiro atoms. The normalized spacial score (nSPS) is 10.4. The first-order valence-corrected chi connectivity index (χ1v) is 5.71. The molecule has 0 aliphatic heterocycles. The number of hydrogen-bond acceptors (Lipinski definition) is 4. The van der Waals surface area contributed by atoms with Crippen molar-refractivity contribution in [2.75, 3.05) is 0 Å². The third-order valence-electron chi connectivity index (χ3n) is 1.88. The number of aromatic nitrogens is 3. The van der Waals surface area contributed by atoms with Crippen LogP contribution >= 0.6 is 23.4 Å². The van der Waals surface area contributed by atoms with Gasteiger partial charge in [-0.15, -0.1) is 5.10 Å². The molecule has 0 saturated carbocycles. The van der Waals surface area contributed by atoms with Crippen molar-refractivity contribution < 1.29 is 4.79 Å². The highest BCUT2D eigenvalue weighted by Gasteiger charge is 2.13. The number of hydrogen-bond donors (Lipinski definition) is 1. The van der Waals surface area contributed by atoms with Gasteiger partial charge in [0.25, 0.3) is 0 Å². The number of aromatic amines is 1. The zero-order valence-electron chi connectivity index (χ0n) is 8.40. The number of carbonyl (C=O) groups is 1. The van der Waals surface area contributed by atoms with Gasteiger partial charge in [0.1, 0.15) is 0 Å². The zero-order chi connectivity index (χ0) is 11.5. The fourth-order valence-electron chi connectivity index (χ4n) is 1.14. The minimum Gasteiger partial charge on any atom is -0.293 e. The molecule has 0 aliphatic carbocycles. The van der Waals surface area contributed by atoms with Gasteiger partial charge in [0, 0.05) is 16.8 Å². The van der Waals surface area contributed by atoms with Crippen molar-refractivity contribution in [3.05, 3.63) is 35.0 Å². The topological polar surface area (TPSA) is 58.6 Å².